The van der Waals surface area contributed by atoms with E-state index in [0.717, 1.165) is 20.8 Å². The SMILES string of the molecule is CC(C)C(=O)c1ccc(-c2ccc3ncsc3c2)s1. The van der Waals surface area contributed by atoms with Gasteiger partial charge in [0, 0.05) is 10.8 Å². The number of hydrogen-bond acceptors (Lipinski definition) is 4. The van der Waals surface area contributed by atoms with Gasteiger partial charge in [0.15, 0.2) is 5.78 Å². The van der Waals surface area contributed by atoms with Crippen molar-refractivity contribution in [2.75, 3.05) is 0 Å². The van der Waals surface area contributed by atoms with Crippen molar-refractivity contribution in [1.29, 1.82) is 0 Å². The van der Waals surface area contributed by atoms with Crippen LogP contribution in [0.1, 0.15) is 23.5 Å². The van der Waals surface area contributed by atoms with Crippen molar-refractivity contribution >= 4 is 38.7 Å². The summed E-state index contributed by atoms with van der Waals surface area (Å²) in [5.74, 6) is 0.269. The van der Waals surface area contributed by atoms with Gasteiger partial charge in [-0.2, -0.15) is 0 Å². The van der Waals surface area contributed by atoms with Gasteiger partial charge in [-0.05, 0) is 29.8 Å². The summed E-state index contributed by atoms with van der Waals surface area (Å²) in [6.07, 6.45) is 0. The van der Waals surface area contributed by atoms with E-state index in [9.17, 15) is 4.79 Å². The second-order valence-electron chi connectivity index (χ2n) is 4.72. The van der Waals surface area contributed by atoms with E-state index in [1.807, 2.05) is 37.6 Å². The Labute approximate surface area is 119 Å². The number of nitrogens with zero attached hydrogens (tertiary/aromatic N) is 1. The van der Waals surface area contributed by atoms with Crippen molar-refractivity contribution in [3.8, 4) is 10.4 Å². The molecule has 0 aliphatic rings. The van der Waals surface area contributed by atoms with E-state index in [2.05, 4.69) is 17.1 Å². The number of benzene rings is 1. The monoisotopic (exact) mass is 287 g/mol. The van der Waals surface area contributed by atoms with Crippen LogP contribution in [0.3, 0.4) is 0 Å². The molecular formula is C15H13NOS2. The van der Waals surface area contributed by atoms with Gasteiger partial charge in [0.2, 0.25) is 0 Å². The molecule has 3 aromatic rings. The average Bonchev–Trinajstić information content (AvgIpc) is 3.05. The quantitative estimate of drug-likeness (QED) is 0.644. The van der Waals surface area contributed by atoms with Gasteiger partial charge in [-0.1, -0.05) is 19.9 Å². The molecule has 96 valence electrons. The summed E-state index contributed by atoms with van der Waals surface area (Å²) in [5.41, 5.74) is 4.05. The molecule has 0 aliphatic heterocycles. The van der Waals surface area contributed by atoms with Crippen LogP contribution in [0.25, 0.3) is 20.7 Å². The van der Waals surface area contributed by atoms with E-state index < -0.39 is 0 Å². The first-order valence-electron chi connectivity index (χ1n) is 6.13. The van der Waals surface area contributed by atoms with Gasteiger partial charge in [-0.15, -0.1) is 22.7 Å². The first kappa shape index (κ1) is 12.5. The first-order chi connectivity index (χ1) is 9.15. The zero-order valence-electron chi connectivity index (χ0n) is 10.7. The van der Waals surface area contributed by atoms with Gasteiger partial charge < -0.3 is 0 Å². The molecule has 0 atom stereocenters. The third-order valence-electron chi connectivity index (χ3n) is 2.99. The Bertz CT molecular complexity index is 739. The lowest BCUT2D eigenvalue weighted by Crippen LogP contribution is -2.04. The molecule has 2 nitrogen and oxygen atoms in total. The minimum atomic E-state index is 0.0514. The average molecular weight is 287 g/mol. The van der Waals surface area contributed by atoms with E-state index >= 15 is 0 Å². The number of thiophene rings is 1. The maximum absolute atomic E-state index is 12.0. The summed E-state index contributed by atoms with van der Waals surface area (Å²) < 4.78 is 1.18. The fourth-order valence-electron chi connectivity index (χ4n) is 1.92. The topological polar surface area (TPSA) is 30.0 Å². The number of hydrogen-bond donors (Lipinski definition) is 0. The largest absolute Gasteiger partial charge is 0.293 e. The lowest BCUT2D eigenvalue weighted by atomic mass is 10.1. The second-order valence-corrected chi connectivity index (χ2v) is 6.69. The highest BCUT2D eigenvalue weighted by atomic mass is 32.1. The molecule has 19 heavy (non-hydrogen) atoms. The number of carbonyl (C=O) groups is 1. The van der Waals surface area contributed by atoms with Crippen molar-refractivity contribution in [2.45, 2.75) is 13.8 Å². The molecule has 0 amide bonds. The van der Waals surface area contributed by atoms with Gasteiger partial charge in [0.25, 0.3) is 0 Å². The molecule has 4 heteroatoms. The van der Waals surface area contributed by atoms with Crippen molar-refractivity contribution in [2.24, 2.45) is 5.92 Å². The smallest absolute Gasteiger partial charge is 0.175 e. The Morgan fingerprint density at radius 2 is 2.05 bits per heavy atom. The van der Waals surface area contributed by atoms with Crippen LogP contribution in [-0.4, -0.2) is 10.8 Å². The maximum atomic E-state index is 12.0. The molecule has 3 rings (SSSR count). The molecule has 2 aromatic heterocycles. The van der Waals surface area contributed by atoms with Crippen LogP contribution < -0.4 is 0 Å². The second kappa shape index (κ2) is 4.87. The molecule has 0 unspecified atom stereocenters. The fourth-order valence-corrected chi connectivity index (χ4v) is 3.72. The molecule has 0 spiro atoms. The minimum absolute atomic E-state index is 0.0514. The van der Waals surface area contributed by atoms with Crippen LogP contribution in [0.15, 0.2) is 35.8 Å². The van der Waals surface area contributed by atoms with E-state index in [-0.39, 0.29) is 11.7 Å². The highest BCUT2D eigenvalue weighted by molar-refractivity contribution is 7.18. The Morgan fingerprint density at radius 1 is 1.21 bits per heavy atom. The van der Waals surface area contributed by atoms with Gasteiger partial charge in [-0.25, -0.2) is 4.98 Å². The van der Waals surface area contributed by atoms with Crippen LogP contribution in [-0.2, 0) is 0 Å². The number of fused-ring (bicyclic) bond motifs is 1. The summed E-state index contributed by atoms with van der Waals surface area (Å²) in [4.78, 5) is 18.2. The van der Waals surface area contributed by atoms with Gasteiger partial charge in [-0.3, -0.25) is 4.79 Å². The van der Waals surface area contributed by atoms with Crippen molar-refractivity contribution in [3.63, 3.8) is 0 Å². The van der Waals surface area contributed by atoms with E-state index in [1.165, 1.54) is 4.70 Å². The molecule has 0 radical (unpaired) electrons. The predicted molar refractivity (Wildman–Crippen MR) is 82.1 cm³/mol. The lowest BCUT2D eigenvalue weighted by Gasteiger charge is -2.00. The van der Waals surface area contributed by atoms with Crippen LogP contribution >= 0.6 is 22.7 Å². The zero-order chi connectivity index (χ0) is 13.4. The highest BCUT2D eigenvalue weighted by Crippen LogP contribution is 2.32. The van der Waals surface area contributed by atoms with Crippen molar-refractivity contribution < 1.29 is 4.79 Å². The van der Waals surface area contributed by atoms with Gasteiger partial charge in [0.1, 0.15) is 0 Å². The normalized spacial score (nSPS) is 11.3. The van der Waals surface area contributed by atoms with Gasteiger partial charge >= 0.3 is 0 Å². The predicted octanol–water partition coefficient (Wildman–Crippen LogP) is 4.86. The van der Waals surface area contributed by atoms with E-state index in [4.69, 9.17) is 0 Å². The van der Waals surface area contributed by atoms with E-state index in [1.54, 1.807) is 22.7 Å². The van der Waals surface area contributed by atoms with Crippen LogP contribution in [0, 0.1) is 5.92 Å². The number of carbonyl (C=O) groups excluding carboxylic acids is 1. The number of rotatable bonds is 3. The Kier molecular flexibility index (Phi) is 3.21. The van der Waals surface area contributed by atoms with E-state index in [0.29, 0.717) is 0 Å². The molecule has 2 heterocycles. The number of aromatic nitrogens is 1. The Morgan fingerprint density at radius 3 is 2.84 bits per heavy atom. The third-order valence-corrected chi connectivity index (χ3v) is 4.93. The molecule has 1 aromatic carbocycles. The first-order valence-corrected chi connectivity index (χ1v) is 7.82. The molecular weight excluding hydrogens is 274 g/mol. The minimum Gasteiger partial charge on any atom is -0.293 e. The number of Topliss-reactive ketones (excluding diaryl/α,β-unsaturated/α-hetero) is 1. The fraction of sp³-hybridized carbons (Fsp3) is 0.200. The van der Waals surface area contributed by atoms with Crippen LogP contribution in [0.4, 0.5) is 0 Å². The molecule has 0 fully saturated rings. The molecule has 0 saturated heterocycles. The Hall–Kier alpha value is -1.52. The summed E-state index contributed by atoms with van der Waals surface area (Å²) in [6.45, 7) is 3.87. The lowest BCUT2D eigenvalue weighted by molar-refractivity contribution is 0.0943. The molecule has 0 saturated carbocycles. The third kappa shape index (κ3) is 2.33. The number of thiazole rings is 1. The molecule has 0 N–H and O–H groups in total. The Balaban J connectivity index is 1.99. The summed E-state index contributed by atoms with van der Waals surface area (Å²) in [5, 5.41) is 0. The zero-order valence-corrected chi connectivity index (χ0v) is 12.3. The maximum Gasteiger partial charge on any atom is 0.175 e. The number of ketones is 1. The highest BCUT2D eigenvalue weighted by Gasteiger charge is 2.13. The summed E-state index contributed by atoms with van der Waals surface area (Å²) in [6, 6.07) is 10.2. The van der Waals surface area contributed by atoms with Crippen LogP contribution in [0.2, 0.25) is 0 Å². The summed E-state index contributed by atoms with van der Waals surface area (Å²) >= 11 is 3.21. The summed E-state index contributed by atoms with van der Waals surface area (Å²) in [7, 11) is 0. The molecule has 0 aliphatic carbocycles. The molecule has 0 bridgehead atoms. The standard InChI is InChI=1S/C15H13NOS2/c1-9(2)15(17)13-6-5-12(19-13)10-3-4-11-14(7-10)18-8-16-11/h3-9H,1-2H3. The van der Waals surface area contributed by atoms with Gasteiger partial charge in [0.05, 0.1) is 20.6 Å². The van der Waals surface area contributed by atoms with Crippen LogP contribution in [0.5, 0.6) is 0 Å². The van der Waals surface area contributed by atoms with Crippen molar-refractivity contribution in [1.82, 2.24) is 4.98 Å². The van der Waals surface area contributed by atoms with Crippen molar-refractivity contribution in [3.05, 3.63) is 40.7 Å².